The highest BCUT2D eigenvalue weighted by molar-refractivity contribution is 7.09. The molecule has 0 spiro atoms. The summed E-state index contributed by atoms with van der Waals surface area (Å²) in [6.07, 6.45) is 1.40. The Hall–Kier alpha value is -5.22. The maximum atomic E-state index is 14.4. The molecule has 270 valence electrons. The van der Waals surface area contributed by atoms with Crippen LogP contribution in [0.2, 0.25) is 0 Å². The molecule has 1 aliphatic rings. The number of halogens is 1. The van der Waals surface area contributed by atoms with Gasteiger partial charge in [0.2, 0.25) is 11.8 Å². The Labute approximate surface area is 298 Å². The molecule has 4 amide bonds. The number of thiazole rings is 1. The second kappa shape index (κ2) is 17.1. The number of aliphatic hydroxyl groups is 1. The summed E-state index contributed by atoms with van der Waals surface area (Å²) in [5, 5.41) is 31.6. The summed E-state index contributed by atoms with van der Waals surface area (Å²) in [7, 11) is 0. The zero-order valence-corrected chi connectivity index (χ0v) is 29.3. The minimum absolute atomic E-state index is 0.00266. The molecule has 5 N–H and O–H groups in total. The highest BCUT2D eigenvalue weighted by Gasteiger charge is 2.32. The summed E-state index contributed by atoms with van der Waals surface area (Å²) in [5.74, 6) is -2.91. The number of rotatable bonds is 5. The number of fused-ring (bicyclic) bond motifs is 5. The van der Waals surface area contributed by atoms with Crippen molar-refractivity contribution in [3.8, 4) is 5.75 Å². The lowest BCUT2D eigenvalue weighted by molar-refractivity contribution is -0.131. The largest absolute Gasteiger partial charge is 0.493 e. The van der Waals surface area contributed by atoms with Crippen molar-refractivity contribution in [1.29, 1.82) is 0 Å². The highest BCUT2D eigenvalue weighted by atomic mass is 32.1. The Morgan fingerprint density at radius 2 is 1.78 bits per heavy atom. The summed E-state index contributed by atoms with van der Waals surface area (Å²) in [4.78, 5) is 58.4. The van der Waals surface area contributed by atoms with Crippen molar-refractivity contribution in [2.75, 3.05) is 6.61 Å². The molecule has 51 heavy (non-hydrogen) atoms. The van der Waals surface area contributed by atoms with Gasteiger partial charge in [-0.2, -0.15) is 0 Å². The van der Waals surface area contributed by atoms with Crippen LogP contribution in [0.3, 0.4) is 0 Å². The standard InChI is InChI=1S/C35H41FN8O6S/c1-20(2)14-27-35-40-28(19-51-35)33(48)41-30(21(3)45)34(49)38-26(15-22-8-5-4-6-9-22)32(47)37-17-24-18-44(43-42-24)12-7-13-50-29-11-10-23(36)16-25(29)31(46)39-27/h4-6,8-11,16,18-21,26-27,30,45H,7,12-15,17H2,1-3H3,(H,37,47)(H,38,49)(H,39,46)(H,41,48)/t21-,26-,27+,30+/m1/s1. The van der Waals surface area contributed by atoms with Crippen molar-refractivity contribution < 1.29 is 33.4 Å². The van der Waals surface area contributed by atoms with E-state index in [9.17, 15) is 28.7 Å². The van der Waals surface area contributed by atoms with Gasteiger partial charge in [-0.3, -0.25) is 23.9 Å². The molecule has 0 unspecified atom stereocenters. The molecule has 0 fully saturated rings. The first kappa shape index (κ1) is 37.0. The number of aryl methyl sites for hydroxylation is 1. The number of aliphatic hydroxyl groups excluding tert-OH is 1. The molecule has 4 aromatic rings. The van der Waals surface area contributed by atoms with Gasteiger partial charge >= 0.3 is 0 Å². The molecule has 4 bridgehead atoms. The van der Waals surface area contributed by atoms with Crippen LogP contribution < -0.4 is 26.0 Å². The van der Waals surface area contributed by atoms with Crippen LogP contribution in [0.5, 0.6) is 5.75 Å². The molecule has 3 heterocycles. The summed E-state index contributed by atoms with van der Waals surface area (Å²) < 4.78 is 21.8. The van der Waals surface area contributed by atoms with Crippen LogP contribution in [-0.2, 0) is 29.1 Å². The molecule has 0 saturated heterocycles. The molecule has 4 atom stereocenters. The molecular formula is C35H41FN8O6S. The second-order valence-electron chi connectivity index (χ2n) is 12.7. The number of amides is 4. The average molecular weight is 721 g/mol. The lowest BCUT2D eigenvalue weighted by atomic mass is 10.0. The number of nitrogens with one attached hydrogen (secondary N) is 4. The van der Waals surface area contributed by atoms with Crippen LogP contribution in [0.4, 0.5) is 4.39 Å². The van der Waals surface area contributed by atoms with Gasteiger partial charge in [0.15, 0.2) is 0 Å². The predicted octanol–water partition coefficient (Wildman–Crippen LogP) is 2.70. The molecule has 2 aromatic carbocycles. The molecule has 5 rings (SSSR count). The van der Waals surface area contributed by atoms with E-state index in [2.05, 4.69) is 36.6 Å². The van der Waals surface area contributed by atoms with Crippen molar-refractivity contribution >= 4 is 35.0 Å². The van der Waals surface area contributed by atoms with Crippen LogP contribution in [-0.4, -0.2) is 73.5 Å². The van der Waals surface area contributed by atoms with Crippen molar-refractivity contribution in [3.63, 3.8) is 0 Å². The van der Waals surface area contributed by atoms with Crippen molar-refractivity contribution in [3.05, 3.63) is 93.4 Å². The summed E-state index contributed by atoms with van der Waals surface area (Å²) in [5.41, 5.74) is 1.21. The van der Waals surface area contributed by atoms with E-state index in [1.807, 2.05) is 44.2 Å². The fourth-order valence-electron chi connectivity index (χ4n) is 5.47. The Kier molecular flexibility index (Phi) is 12.4. The van der Waals surface area contributed by atoms with Crippen LogP contribution in [0.15, 0.2) is 60.1 Å². The first-order valence-electron chi connectivity index (χ1n) is 16.7. The Morgan fingerprint density at radius 1 is 1.00 bits per heavy atom. The number of hydrogen-bond donors (Lipinski definition) is 5. The third-order valence-electron chi connectivity index (χ3n) is 8.04. The number of carbonyl (C=O) groups excluding carboxylic acids is 4. The summed E-state index contributed by atoms with van der Waals surface area (Å²) >= 11 is 1.13. The van der Waals surface area contributed by atoms with E-state index in [1.165, 1.54) is 24.4 Å². The molecule has 0 radical (unpaired) electrons. The van der Waals surface area contributed by atoms with Gasteiger partial charge in [0.05, 0.1) is 37.1 Å². The molecule has 0 aliphatic carbocycles. The van der Waals surface area contributed by atoms with Gasteiger partial charge in [0.1, 0.15) is 40.0 Å². The number of hydrogen-bond acceptors (Lipinski definition) is 10. The Balaban J connectivity index is 1.45. The molecule has 1 aliphatic heterocycles. The first-order valence-corrected chi connectivity index (χ1v) is 17.5. The molecule has 2 aromatic heterocycles. The lowest BCUT2D eigenvalue weighted by Crippen LogP contribution is -2.57. The molecular weight excluding hydrogens is 680 g/mol. The predicted molar refractivity (Wildman–Crippen MR) is 185 cm³/mol. The Morgan fingerprint density at radius 3 is 2.53 bits per heavy atom. The average Bonchev–Trinajstić information content (AvgIpc) is 3.78. The number of ether oxygens (including phenoxy) is 1. The van der Waals surface area contributed by atoms with E-state index in [1.54, 1.807) is 10.9 Å². The number of aromatic nitrogens is 4. The number of benzene rings is 2. The number of carbonyl (C=O) groups is 4. The van der Waals surface area contributed by atoms with Crippen molar-refractivity contribution in [1.82, 2.24) is 41.2 Å². The van der Waals surface area contributed by atoms with E-state index in [-0.39, 0.29) is 42.5 Å². The minimum atomic E-state index is -1.43. The smallest absolute Gasteiger partial charge is 0.271 e. The molecule has 14 nitrogen and oxygen atoms in total. The monoisotopic (exact) mass is 720 g/mol. The third kappa shape index (κ3) is 10.2. The van der Waals surface area contributed by atoms with Crippen LogP contribution in [0, 0.1) is 11.7 Å². The van der Waals surface area contributed by atoms with Crippen molar-refractivity contribution in [2.45, 2.75) is 77.4 Å². The van der Waals surface area contributed by atoms with Gasteiger partial charge in [-0.05, 0) is 43.0 Å². The van der Waals surface area contributed by atoms with Gasteiger partial charge < -0.3 is 31.1 Å². The topological polar surface area (TPSA) is 189 Å². The molecule has 16 heteroatoms. The van der Waals surface area contributed by atoms with E-state index in [0.717, 1.165) is 23.0 Å². The minimum Gasteiger partial charge on any atom is -0.493 e. The lowest BCUT2D eigenvalue weighted by Gasteiger charge is -2.24. The maximum absolute atomic E-state index is 14.4. The fraction of sp³-hybridized carbons (Fsp3) is 0.400. The SMILES string of the molecule is CC(C)C[C@@H]1NC(=O)c2cc(F)ccc2OCCCn2cc(nn2)CNC(=O)[C@@H](Cc2ccccc2)NC(=O)[C@H]([C@@H](C)O)NC(=O)c2csc1n2. The van der Waals surface area contributed by atoms with Crippen molar-refractivity contribution in [2.24, 2.45) is 5.92 Å². The quantitative estimate of drug-likeness (QED) is 0.207. The second-order valence-corrected chi connectivity index (χ2v) is 13.6. The summed E-state index contributed by atoms with van der Waals surface area (Å²) in [6.45, 7) is 5.89. The van der Waals surface area contributed by atoms with E-state index in [4.69, 9.17) is 4.74 Å². The summed E-state index contributed by atoms with van der Waals surface area (Å²) in [6, 6.07) is 9.68. The normalized spacial score (nSPS) is 20.2. The van der Waals surface area contributed by atoms with Gasteiger partial charge in [0.25, 0.3) is 11.8 Å². The number of nitrogens with zero attached hydrogens (tertiary/aromatic N) is 4. The van der Waals surface area contributed by atoms with Crippen LogP contribution in [0.1, 0.15) is 76.8 Å². The first-order chi connectivity index (χ1) is 24.5. The van der Waals surface area contributed by atoms with Crippen LogP contribution in [0.25, 0.3) is 0 Å². The van der Waals surface area contributed by atoms with Gasteiger partial charge in [-0.1, -0.05) is 49.4 Å². The Bertz CT molecular complexity index is 1830. The zero-order valence-electron chi connectivity index (χ0n) is 28.5. The van der Waals surface area contributed by atoms with Gasteiger partial charge in [-0.25, -0.2) is 9.37 Å². The van der Waals surface area contributed by atoms with E-state index >= 15 is 0 Å². The van der Waals surface area contributed by atoms with E-state index < -0.39 is 53.7 Å². The van der Waals surface area contributed by atoms with E-state index in [0.29, 0.717) is 30.1 Å². The highest BCUT2D eigenvalue weighted by Crippen LogP contribution is 2.27. The van der Waals surface area contributed by atoms with Gasteiger partial charge in [0, 0.05) is 24.8 Å². The molecule has 0 saturated carbocycles. The van der Waals surface area contributed by atoms with Gasteiger partial charge in [-0.15, -0.1) is 16.4 Å². The third-order valence-corrected chi connectivity index (χ3v) is 9.00. The maximum Gasteiger partial charge on any atom is 0.271 e. The van der Waals surface area contributed by atoms with Crippen LogP contribution >= 0.6 is 11.3 Å². The fourth-order valence-corrected chi connectivity index (χ4v) is 6.33. The zero-order chi connectivity index (χ0) is 36.5.